The van der Waals surface area contributed by atoms with Gasteiger partial charge in [-0.1, -0.05) is 12.8 Å². The number of hydrogen-bond acceptors (Lipinski definition) is 3. The molecule has 1 aromatic carbocycles. The molecule has 1 aromatic rings. The van der Waals surface area contributed by atoms with Crippen molar-refractivity contribution < 1.29 is 14.3 Å². The Morgan fingerprint density at radius 1 is 0.958 bits per heavy atom. The van der Waals surface area contributed by atoms with Crippen LogP contribution in [0.25, 0.3) is 0 Å². The molecule has 2 aliphatic heterocycles. The van der Waals surface area contributed by atoms with E-state index in [0.717, 1.165) is 43.7 Å². The molecule has 0 bridgehead atoms. The summed E-state index contributed by atoms with van der Waals surface area (Å²) in [6.07, 6.45) is 5.32. The lowest BCUT2D eigenvalue weighted by atomic mass is 10.1. The molecule has 2 heterocycles. The van der Waals surface area contributed by atoms with E-state index in [1.54, 1.807) is 0 Å². The number of amides is 3. The first-order valence-electron chi connectivity index (χ1n) is 8.77. The first kappa shape index (κ1) is 16.8. The topological polar surface area (TPSA) is 70.7 Å². The molecule has 130 valence electrons. The van der Waals surface area contributed by atoms with Crippen LogP contribution in [0.3, 0.4) is 0 Å². The molecule has 24 heavy (non-hydrogen) atoms. The number of nitrogens with one attached hydrogen (secondary N) is 2. The zero-order chi connectivity index (χ0) is 16.8. The minimum Gasteiger partial charge on any atom is -0.381 e. The van der Waals surface area contributed by atoms with Gasteiger partial charge < -0.3 is 20.3 Å². The third-order valence-electron chi connectivity index (χ3n) is 4.60. The highest BCUT2D eigenvalue weighted by atomic mass is 16.5. The summed E-state index contributed by atoms with van der Waals surface area (Å²) >= 11 is 0. The van der Waals surface area contributed by atoms with Crippen LogP contribution >= 0.6 is 0 Å². The first-order valence-corrected chi connectivity index (χ1v) is 8.77. The first-order chi connectivity index (χ1) is 11.7. The lowest BCUT2D eigenvalue weighted by Gasteiger charge is -2.20. The second-order valence-electron chi connectivity index (χ2n) is 6.46. The van der Waals surface area contributed by atoms with Gasteiger partial charge in [0.05, 0.1) is 12.5 Å². The molecule has 2 fully saturated rings. The summed E-state index contributed by atoms with van der Waals surface area (Å²) in [6.45, 7) is 2.79. The Balaban J connectivity index is 1.52. The van der Waals surface area contributed by atoms with Crippen molar-refractivity contribution in [1.29, 1.82) is 0 Å². The van der Waals surface area contributed by atoms with Gasteiger partial charge in [0, 0.05) is 31.1 Å². The Bertz CT molecular complexity index is 559. The quantitative estimate of drug-likeness (QED) is 0.894. The van der Waals surface area contributed by atoms with Crippen LogP contribution in [-0.4, -0.2) is 43.1 Å². The smallest absolute Gasteiger partial charge is 0.321 e. The minimum absolute atomic E-state index is 0.00569. The van der Waals surface area contributed by atoms with Crippen LogP contribution in [0.4, 0.5) is 16.2 Å². The Hall–Kier alpha value is -2.08. The second kappa shape index (κ2) is 8.15. The number of urea groups is 1. The van der Waals surface area contributed by atoms with Crippen molar-refractivity contribution in [3.05, 3.63) is 24.3 Å². The number of nitrogens with zero attached hydrogens (tertiary/aromatic N) is 1. The van der Waals surface area contributed by atoms with E-state index >= 15 is 0 Å². The molecule has 2 aliphatic rings. The molecule has 0 radical (unpaired) electrons. The normalized spacial score (nSPS) is 21.2. The molecule has 0 aliphatic carbocycles. The maximum absolute atomic E-state index is 12.3. The highest BCUT2D eigenvalue weighted by Gasteiger charge is 2.23. The van der Waals surface area contributed by atoms with Crippen LogP contribution < -0.4 is 10.6 Å². The number of carbonyl (C=O) groups is 2. The van der Waals surface area contributed by atoms with Crippen LogP contribution in [0.15, 0.2) is 24.3 Å². The molecule has 3 rings (SSSR count). The SMILES string of the molecule is O=C(Nc1ccc(NC(=O)N2CCCCCC2)cc1)[C@H]1CCOC1. The number of anilines is 2. The number of likely N-dealkylation sites (tertiary alicyclic amines) is 1. The minimum atomic E-state index is -0.0626. The van der Waals surface area contributed by atoms with Gasteiger partial charge in [-0.25, -0.2) is 4.79 Å². The van der Waals surface area contributed by atoms with Crippen LogP contribution in [-0.2, 0) is 9.53 Å². The fourth-order valence-corrected chi connectivity index (χ4v) is 3.10. The lowest BCUT2D eigenvalue weighted by molar-refractivity contribution is -0.119. The van der Waals surface area contributed by atoms with Crippen LogP contribution in [0.2, 0.25) is 0 Å². The van der Waals surface area contributed by atoms with Crippen LogP contribution in [0.5, 0.6) is 0 Å². The average molecular weight is 331 g/mol. The van der Waals surface area contributed by atoms with Crippen molar-refractivity contribution in [3.8, 4) is 0 Å². The summed E-state index contributed by atoms with van der Waals surface area (Å²) in [6, 6.07) is 7.21. The van der Waals surface area contributed by atoms with Gasteiger partial charge in [0.15, 0.2) is 0 Å². The second-order valence-corrected chi connectivity index (χ2v) is 6.46. The average Bonchev–Trinajstić information content (AvgIpc) is 2.99. The molecule has 1 atom stereocenters. The van der Waals surface area contributed by atoms with E-state index in [-0.39, 0.29) is 17.9 Å². The standard InChI is InChI=1S/C18H25N3O3/c22-17(14-9-12-24-13-14)19-15-5-7-16(8-6-15)20-18(23)21-10-3-1-2-4-11-21/h5-8,14H,1-4,9-13H2,(H,19,22)(H,20,23)/t14-/m0/s1. The summed E-state index contributed by atoms with van der Waals surface area (Å²) < 4.78 is 5.23. The molecule has 0 aromatic heterocycles. The molecular weight excluding hydrogens is 306 g/mol. The Morgan fingerprint density at radius 2 is 1.58 bits per heavy atom. The Labute approximate surface area is 142 Å². The zero-order valence-corrected chi connectivity index (χ0v) is 13.9. The molecule has 3 amide bonds. The molecule has 6 heteroatoms. The number of hydrogen-bond donors (Lipinski definition) is 2. The third kappa shape index (κ3) is 4.47. The van der Waals surface area contributed by atoms with Gasteiger partial charge in [0.2, 0.25) is 5.91 Å². The van der Waals surface area contributed by atoms with Crippen molar-refractivity contribution in [2.75, 3.05) is 36.9 Å². The van der Waals surface area contributed by atoms with Crippen LogP contribution in [0.1, 0.15) is 32.1 Å². The lowest BCUT2D eigenvalue weighted by Crippen LogP contribution is -2.35. The van der Waals surface area contributed by atoms with Crippen LogP contribution in [0, 0.1) is 5.92 Å². The van der Waals surface area contributed by atoms with Crippen molar-refractivity contribution in [2.24, 2.45) is 5.92 Å². The van der Waals surface area contributed by atoms with E-state index in [0.29, 0.717) is 13.2 Å². The number of benzene rings is 1. The molecule has 0 unspecified atom stereocenters. The predicted molar refractivity (Wildman–Crippen MR) is 93.1 cm³/mol. The van der Waals surface area contributed by atoms with Gasteiger partial charge in [-0.2, -0.15) is 0 Å². The van der Waals surface area contributed by atoms with Crippen molar-refractivity contribution in [1.82, 2.24) is 4.90 Å². The summed E-state index contributed by atoms with van der Waals surface area (Å²) in [5.74, 6) is -0.0683. The van der Waals surface area contributed by atoms with Gasteiger partial charge in [-0.15, -0.1) is 0 Å². The van der Waals surface area contributed by atoms with Crippen molar-refractivity contribution >= 4 is 23.3 Å². The number of carbonyl (C=O) groups excluding carboxylic acids is 2. The highest BCUT2D eigenvalue weighted by molar-refractivity contribution is 5.93. The molecule has 2 saturated heterocycles. The number of ether oxygens (including phenoxy) is 1. The maximum atomic E-state index is 12.3. The highest BCUT2D eigenvalue weighted by Crippen LogP contribution is 2.18. The summed E-state index contributed by atoms with van der Waals surface area (Å²) in [5, 5.41) is 5.82. The van der Waals surface area contributed by atoms with Gasteiger partial charge in [-0.05, 0) is 43.5 Å². The Morgan fingerprint density at radius 3 is 2.17 bits per heavy atom. The molecule has 2 N–H and O–H groups in total. The fourth-order valence-electron chi connectivity index (χ4n) is 3.10. The third-order valence-corrected chi connectivity index (χ3v) is 4.60. The monoisotopic (exact) mass is 331 g/mol. The van der Waals surface area contributed by atoms with E-state index < -0.39 is 0 Å². The molecule has 0 saturated carbocycles. The van der Waals surface area contributed by atoms with Gasteiger partial charge in [0.25, 0.3) is 0 Å². The van der Waals surface area contributed by atoms with Crippen molar-refractivity contribution in [3.63, 3.8) is 0 Å². The van der Waals surface area contributed by atoms with E-state index in [4.69, 9.17) is 4.74 Å². The van der Waals surface area contributed by atoms with Crippen molar-refractivity contribution in [2.45, 2.75) is 32.1 Å². The van der Waals surface area contributed by atoms with Gasteiger partial charge >= 0.3 is 6.03 Å². The summed E-state index contributed by atoms with van der Waals surface area (Å²) in [5.41, 5.74) is 1.48. The summed E-state index contributed by atoms with van der Waals surface area (Å²) in [7, 11) is 0. The van der Waals surface area contributed by atoms with E-state index in [1.807, 2.05) is 29.2 Å². The van der Waals surface area contributed by atoms with Gasteiger partial charge in [0.1, 0.15) is 0 Å². The summed E-state index contributed by atoms with van der Waals surface area (Å²) in [4.78, 5) is 26.2. The number of rotatable bonds is 3. The van der Waals surface area contributed by atoms with E-state index in [1.165, 1.54) is 12.8 Å². The predicted octanol–water partition coefficient (Wildman–Crippen LogP) is 3.07. The molecule has 6 nitrogen and oxygen atoms in total. The largest absolute Gasteiger partial charge is 0.381 e. The zero-order valence-electron chi connectivity index (χ0n) is 13.9. The Kier molecular flexibility index (Phi) is 5.69. The van der Waals surface area contributed by atoms with Gasteiger partial charge in [-0.3, -0.25) is 4.79 Å². The van der Waals surface area contributed by atoms with E-state index in [9.17, 15) is 9.59 Å². The van der Waals surface area contributed by atoms with E-state index in [2.05, 4.69) is 10.6 Å². The molecular formula is C18H25N3O3. The molecule has 0 spiro atoms. The fraction of sp³-hybridized carbons (Fsp3) is 0.556. The maximum Gasteiger partial charge on any atom is 0.321 e.